The summed E-state index contributed by atoms with van der Waals surface area (Å²) in [7, 11) is -6.09. The van der Waals surface area contributed by atoms with Gasteiger partial charge in [0.25, 0.3) is 5.15 Å². The molecule has 1 aromatic rings. The molecule has 0 N–H and O–H groups in total. The average Bonchev–Trinajstić information content (AvgIpc) is 2.20. The van der Waals surface area contributed by atoms with Crippen LogP contribution < -0.4 is 4.57 Å². The largest absolute Gasteiger partial charge is 0.741 e. The molecule has 4 nitrogen and oxygen atoms in total. The molecule has 0 radical (unpaired) electrons. The minimum Gasteiger partial charge on any atom is -0.741 e. The van der Waals surface area contributed by atoms with Gasteiger partial charge >= 0.3 is 5.51 Å². The van der Waals surface area contributed by atoms with Gasteiger partial charge in [-0.2, -0.15) is 17.7 Å². The van der Waals surface area contributed by atoms with Crippen molar-refractivity contribution in [2.45, 2.75) is 12.1 Å². The summed E-state index contributed by atoms with van der Waals surface area (Å²) < 4.78 is 60.8. The van der Waals surface area contributed by atoms with Crippen LogP contribution in [-0.2, 0) is 16.7 Å². The molecule has 1 rings (SSSR count). The van der Waals surface area contributed by atoms with E-state index in [1.54, 1.807) is 0 Å². The molecule has 0 saturated heterocycles. The van der Waals surface area contributed by atoms with Gasteiger partial charge in [-0.25, -0.2) is 8.42 Å². The van der Waals surface area contributed by atoms with E-state index in [2.05, 4.69) is 6.58 Å². The second kappa shape index (κ2) is 6.72. The molecular formula is C9H9ClF3NO3S. The standard InChI is InChI=1S/C8H9ClN.CHF3O3S/c1-2-6-10-7-4-3-5-8(10)9;2-1(3,4)8(5,6)7/h2-5,7H,1,6H2;(H,5,6,7)/q+1;/p-1. The number of hydrogen-bond acceptors (Lipinski definition) is 3. The number of pyridine rings is 1. The second-order valence-corrected chi connectivity index (χ2v) is 4.62. The number of aromatic nitrogens is 1. The Bertz CT molecular complexity index is 502. The number of nitrogens with zero attached hydrogens (tertiary/aromatic N) is 1. The van der Waals surface area contributed by atoms with Crippen molar-refractivity contribution in [2.24, 2.45) is 0 Å². The first-order chi connectivity index (χ1) is 8.09. The van der Waals surface area contributed by atoms with Gasteiger partial charge in [0.15, 0.2) is 22.9 Å². The van der Waals surface area contributed by atoms with E-state index in [9.17, 15) is 13.2 Å². The predicted octanol–water partition coefficient (Wildman–Crippen LogP) is 1.86. The Balaban J connectivity index is 0.000000331. The third-order valence-corrected chi connectivity index (χ3v) is 2.40. The first kappa shape index (κ1) is 16.9. The van der Waals surface area contributed by atoms with E-state index in [1.807, 2.05) is 35.0 Å². The lowest BCUT2D eigenvalue weighted by Crippen LogP contribution is -2.33. The predicted molar refractivity (Wildman–Crippen MR) is 57.6 cm³/mol. The van der Waals surface area contributed by atoms with Gasteiger partial charge in [-0.3, -0.25) is 0 Å². The van der Waals surface area contributed by atoms with E-state index in [4.69, 9.17) is 24.6 Å². The zero-order chi connectivity index (χ0) is 14.4. The van der Waals surface area contributed by atoms with Gasteiger partial charge in [0.1, 0.15) is 0 Å². The van der Waals surface area contributed by atoms with E-state index in [-0.39, 0.29) is 0 Å². The van der Waals surface area contributed by atoms with Gasteiger partial charge in [0.05, 0.1) is 0 Å². The molecule has 0 atom stereocenters. The maximum absolute atomic E-state index is 10.7. The highest BCUT2D eigenvalue weighted by Crippen LogP contribution is 2.20. The minimum absolute atomic E-state index is 0.738. The molecule has 0 aromatic carbocycles. The molecule has 0 amide bonds. The quantitative estimate of drug-likeness (QED) is 0.275. The van der Waals surface area contributed by atoms with Crippen molar-refractivity contribution in [2.75, 3.05) is 0 Å². The van der Waals surface area contributed by atoms with Crippen molar-refractivity contribution in [3.63, 3.8) is 0 Å². The Morgan fingerprint density at radius 2 is 1.94 bits per heavy atom. The summed E-state index contributed by atoms with van der Waals surface area (Å²) in [5.74, 6) is 0. The lowest BCUT2D eigenvalue weighted by molar-refractivity contribution is -0.684. The second-order valence-electron chi connectivity index (χ2n) is 2.86. The van der Waals surface area contributed by atoms with Crippen LogP contribution in [-0.4, -0.2) is 18.5 Å². The number of halogens is 4. The molecule has 0 fully saturated rings. The summed E-state index contributed by atoms with van der Waals surface area (Å²) >= 11 is 5.82. The summed E-state index contributed by atoms with van der Waals surface area (Å²) in [6.07, 6.45) is 3.73. The van der Waals surface area contributed by atoms with Gasteiger partial charge in [-0.1, -0.05) is 6.58 Å². The Hall–Kier alpha value is -1.12. The van der Waals surface area contributed by atoms with Crippen molar-refractivity contribution in [1.29, 1.82) is 0 Å². The topological polar surface area (TPSA) is 61.1 Å². The van der Waals surface area contributed by atoms with Gasteiger partial charge in [-0.05, 0) is 23.7 Å². The third-order valence-electron chi connectivity index (χ3n) is 1.49. The first-order valence-electron chi connectivity index (χ1n) is 4.36. The maximum atomic E-state index is 10.7. The zero-order valence-corrected chi connectivity index (χ0v) is 10.5. The van der Waals surface area contributed by atoms with E-state index in [0.29, 0.717) is 0 Å². The van der Waals surface area contributed by atoms with Crippen LogP contribution in [0.25, 0.3) is 0 Å². The lowest BCUT2D eigenvalue weighted by atomic mass is 10.5. The molecule has 0 bridgehead atoms. The van der Waals surface area contributed by atoms with E-state index in [1.165, 1.54) is 0 Å². The fraction of sp³-hybridized carbons (Fsp3) is 0.222. The van der Waals surface area contributed by atoms with Crippen LogP contribution in [0.5, 0.6) is 0 Å². The molecule has 0 aliphatic heterocycles. The van der Waals surface area contributed by atoms with Crippen molar-refractivity contribution < 1.29 is 30.7 Å². The number of hydrogen-bond donors (Lipinski definition) is 0. The fourth-order valence-electron chi connectivity index (χ4n) is 0.743. The maximum Gasteiger partial charge on any atom is 0.485 e. The van der Waals surface area contributed by atoms with Gasteiger partial charge in [0, 0.05) is 12.1 Å². The molecule has 102 valence electrons. The minimum atomic E-state index is -6.09. The van der Waals surface area contributed by atoms with Crippen LogP contribution >= 0.6 is 11.6 Å². The molecular weight excluding hydrogens is 295 g/mol. The summed E-state index contributed by atoms with van der Waals surface area (Å²) in [4.78, 5) is 0. The Morgan fingerprint density at radius 1 is 1.44 bits per heavy atom. The third kappa shape index (κ3) is 5.99. The molecule has 18 heavy (non-hydrogen) atoms. The summed E-state index contributed by atoms with van der Waals surface area (Å²) in [5, 5.41) is 0.738. The van der Waals surface area contributed by atoms with Gasteiger partial charge in [-0.15, -0.1) is 0 Å². The molecule has 0 aliphatic carbocycles. The molecule has 0 aliphatic rings. The van der Waals surface area contributed by atoms with Crippen LogP contribution in [0.15, 0.2) is 37.1 Å². The normalized spacial score (nSPS) is 11.4. The molecule has 0 unspecified atom stereocenters. The zero-order valence-electron chi connectivity index (χ0n) is 8.89. The van der Waals surface area contributed by atoms with Crippen LogP contribution in [0.2, 0.25) is 5.15 Å². The monoisotopic (exact) mass is 303 g/mol. The molecule has 0 spiro atoms. The van der Waals surface area contributed by atoms with Gasteiger partial charge < -0.3 is 4.55 Å². The number of rotatable bonds is 2. The van der Waals surface area contributed by atoms with Crippen molar-refractivity contribution in [1.82, 2.24) is 0 Å². The molecule has 1 heterocycles. The van der Waals surface area contributed by atoms with Crippen molar-refractivity contribution in [3.8, 4) is 0 Å². The van der Waals surface area contributed by atoms with Crippen LogP contribution in [0.4, 0.5) is 13.2 Å². The van der Waals surface area contributed by atoms with Crippen molar-refractivity contribution >= 4 is 21.7 Å². The van der Waals surface area contributed by atoms with Crippen molar-refractivity contribution in [3.05, 3.63) is 42.2 Å². The van der Waals surface area contributed by atoms with Crippen LogP contribution in [0.3, 0.4) is 0 Å². The van der Waals surface area contributed by atoms with E-state index < -0.39 is 15.6 Å². The fourth-order valence-corrected chi connectivity index (χ4v) is 0.941. The summed E-state index contributed by atoms with van der Waals surface area (Å²) in [6, 6.07) is 5.70. The first-order valence-corrected chi connectivity index (χ1v) is 6.15. The Labute approximate surface area is 107 Å². The highest BCUT2D eigenvalue weighted by molar-refractivity contribution is 7.86. The molecule has 0 saturated carbocycles. The van der Waals surface area contributed by atoms with Crippen LogP contribution in [0, 0.1) is 0 Å². The van der Waals surface area contributed by atoms with E-state index >= 15 is 0 Å². The summed E-state index contributed by atoms with van der Waals surface area (Å²) in [5.41, 5.74) is -5.65. The highest BCUT2D eigenvalue weighted by Gasteiger charge is 2.36. The Kier molecular flexibility index (Phi) is 6.30. The molecule has 1 aromatic heterocycles. The highest BCUT2D eigenvalue weighted by atomic mass is 35.5. The molecule has 9 heteroatoms. The van der Waals surface area contributed by atoms with E-state index in [0.717, 1.165) is 11.7 Å². The SMILES string of the molecule is C=CC[n+]1ccccc1Cl.O=S(=O)([O-])C(F)(F)F. The lowest BCUT2D eigenvalue weighted by Gasteiger charge is -2.08. The Morgan fingerprint density at radius 3 is 2.28 bits per heavy atom. The van der Waals surface area contributed by atoms with Crippen LogP contribution in [0.1, 0.15) is 0 Å². The number of alkyl halides is 3. The number of allylic oxidation sites excluding steroid dienone is 1. The smallest absolute Gasteiger partial charge is 0.485 e. The van der Waals surface area contributed by atoms with Gasteiger partial charge in [0.2, 0.25) is 0 Å². The average molecular weight is 304 g/mol. The summed E-state index contributed by atoms with van der Waals surface area (Å²) in [6.45, 7) is 4.38.